The zero-order chi connectivity index (χ0) is 18.1. The fourth-order valence-corrected chi connectivity index (χ4v) is 2.46. The van der Waals surface area contributed by atoms with Gasteiger partial charge >= 0.3 is 6.03 Å². The molecule has 6 nitrogen and oxygen atoms in total. The summed E-state index contributed by atoms with van der Waals surface area (Å²) in [5, 5.41) is 6.87. The summed E-state index contributed by atoms with van der Waals surface area (Å²) in [5.74, 6) is 0.447. The van der Waals surface area contributed by atoms with Gasteiger partial charge in [0.05, 0.1) is 7.11 Å². The summed E-state index contributed by atoms with van der Waals surface area (Å²) >= 11 is 0. The first kappa shape index (κ1) is 18.5. The monoisotopic (exact) mass is 342 g/mol. The van der Waals surface area contributed by atoms with Crippen LogP contribution < -0.4 is 20.7 Å². The number of nitrogens with two attached hydrogens (primary N) is 1. The Morgan fingerprint density at radius 3 is 2.36 bits per heavy atom. The zero-order valence-corrected chi connectivity index (χ0v) is 14.5. The van der Waals surface area contributed by atoms with E-state index in [9.17, 15) is 9.59 Å². The Balaban J connectivity index is 2.08. The normalized spacial score (nSPS) is 11.4. The molecule has 4 N–H and O–H groups in total. The van der Waals surface area contributed by atoms with Gasteiger partial charge in [0, 0.05) is 17.7 Å². The SMILES string of the molecule is CCNC(=O)NC(=O)[C@@H]([NH2+]Cc1ccc(OC)cc1)c1ccccc1. The minimum atomic E-state index is -0.508. The predicted molar refractivity (Wildman–Crippen MR) is 95.0 cm³/mol. The molecule has 0 heterocycles. The van der Waals surface area contributed by atoms with Gasteiger partial charge in [0.15, 0.2) is 6.04 Å². The Morgan fingerprint density at radius 2 is 1.76 bits per heavy atom. The lowest BCUT2D eigenvalue weighted by molar-refractivity contribution is -0.698. The predicted octanol–water partition coefficient (Wildman–Crippen LogP) is 1.35. The fraction of sp³-hybridized carbons (Fsp3) is 0.263. The van der Waals surface area contributed by atoms with Crippen LogP contribution in [0.1, 0.15) is 24.1 Å². The van der Waals surface area contributed by atoms with Gasteiger partial charge in [0.1, 0.15) is 12.3 Å². The molecule has 2 aromatic rings. The first-order valence-corrected chi connectivity index (χ1v) is 8.24. The summed E-state index contributed by atoms with van der Waals surface area (Å²) in [6.07, 6.45) is 0. The smallest absolute Gasteiger partial charge is 0.321 e. The second-order valence-electron chi connectivity index (χ2n) is 5.52. The Morgan fingerprint density at radius 1 is 1.08 bits per heavy atom. The lowest BCUT2D eigenvalue weighted by atomic mass is 10.1. The van der Waals surface area contributed by atoms with Crippen LogP contribution in [0.5, 0.6) is 5.75 Å². The van der Waals surface area contributed by atoms with Crippen molar-refractivity contribution in [2.24, 2.45) is 0 Å². The van der Waals surface area contributed by atoms with Crippen LogP contribution in [-0.4, -0.2) is 25.6 Å². The molecule has 0 radical (unpaired) electrons. The molecule has 0 aromatic heterocycles. The van der Waals surface area contributed by atoms with Gasteiger partial charge in [0.2, 0.25) is 0 Å². The number of amides is 3. The molecule has 6 heteroatoms. The van der Waals surface area contributed by atoms with Crippen molar-refractivity contribution in [2.75, 3.05) is 13.7 Å². The molecule has 0 bridgehead atoms. The molecule has 0 aliphatic carbocycles. The van der Waals surface area contributed by atoms with Crippen LogP contribution in [0.3, 0.4) is 0 Å². The number of carbonyl (C=O) groups is 2. The summed E-state index contributed by atoms with van der Waals surface area (Å²) in [5.41, 5.74) is 1.91. The lowest BCUT2D eigenvalue weighted by Crippen LogP contribution is -2.86. The number of imide groups is 1. The van der Waals surface area contributed by atoms with Gasteiger partial charge in [-0.3, -0.25) is 10.1 Å². The van der Waals surface area contributed by atoms with Crippen molar-refractivity contribution in [3.63, 3.8) is 0 Å². The maximum Gasteiger partial charge on any atom is 0.321 e. The van der Waals surface area contributed by atoms with E-state index in [4.69, 9.17) is 4.74 Å². The molecule has 0 saturated heterocycles. The van der Waals surface area contributed by atoms with E-state index in [2.05, 4.69) is 10.6 Å². The van der Waals surface area contributed by atoms with E-state index in [0.29, 0.717) is 13.1 Å². The molecule has 3 amide bonds. The highest BCUT2D eigenvalue weighted by Crippen LogP contribution is 2.12. The maximum absolute atomic E-state index is 12.5. The number of rotatable bonds is 7. The van der Waals surface area contributed by atoms with Crippen molar-refractivity contribution in [1.82, 2.24) is 10.6 Å². The van der Waals surface area contributed by atoms with Crippen LogP contribution in [0.15, 0.2) is 54.6 Å². The van der Waals surface area contributed by atoms with Crippen molar-refractivity contribution in [3.05, 3.63) is 65.7 Å². The third kappa shape index (κ3) is 5.61. The summed E-state index contributed by atoms with van der Waals surface area (Å²) < 4.78 is 5.15. The van der Waals surface area contributed by atoms with Gasteiger partial charge in [-0.25, -0.2) is 4.79 Å². The maximum atomic E-state index is 12.5. The fourth-order valence-electron chi connectivity index (χ4n) is 2.46. The van der Waals surface area contributed by atoms with Gasteiger partial charge in [-0.2, -0.15) is 0 Å². The van der Waals surface area contributed by atoms with Crippen molar-refractivity contribution in [2.45, 2.75) is 19.5 Å². The highest BCUT2D eigenvalue weighted by Gasteiger charge is 2.25. The number of benzene rings is 2. The Bertz CT molecular complexity index is 687. The Hall–Kier alpha value is -2.86. The third-order valence-corrected chi connectivity index (χ3v) is 3.76. The van der Waals surface area contributed by atoms with Gasteiger partial charge in [-0.15, -0.1) is 0 Å². The molecule has 25 heavy (non-hydrogen) atoms. The molecule has 2 aromatic carbocycles. The number of methoxy groups -OCH3 is 1. The second kappa shape index (κ2) is 9.44. The van der Waals surface area contributed by atoms with Crippen LogP contribution in [0.25, 0.3) is 0 Å². The number of quaternary nitrogens is 1. The summed E-state index contributed by atoms with van der Waals surface area (Å²) in [6, 6.07) is 16.1. The topological polar surface area (TPSA) is 84.0 Å². The van der Waals surface area contributed by atoms with E-state index in [-0.39, 0.29) is 5.91 Å². The van der Waals surface area contributed by atoms with Gasteiger partial charge in [0.25, 0.3) is 5.91 Å². The Kier molecular flexibility index (Phi) is 6.98. The van der Waals surface area contributed by atoms with E-state index in [1.165, 1.54) is 0 Å². The average molecular weight is 342 g/mol. The van der Waals surface area contributed by atoms with E-state index in [1.807, 2.05) is 59.9 Å². The van der Waals surface area contributed by atoms with Crippen molar-refractivity contribution in [1.29, 1.82) is 0 Å². The third-order valence-electron chi connectivity index (χ3n) is 3.76. The van der Waals surface area contributed by atoms with Crippen molar-refractivity contribution in [3.8, 4) is 5.75 Å². The van der Waals surface area contributed by atoms with E-state index < -0.39 is 12.1 Å². The molecule has 0 aliphatic heterocycles. The minimum absolute atomic E-state index is 0.342. The second-order valence-corrected chi connectivity index (χ2v) is 5.52. The van der Waals surface area contributed by atoms with Crippen LogP contribution in [0, 0.1) is 0 Å². The average Bonchev–Trinajstić information content (AvgIpc) is 2.63. The quantitative estimate of drug-likeness (QED) is 0.710. The molecule has 0 unspecified atom stereocenters. The molecule has 132 valence electrons. The number of hydrogen-bond donors (Lipinski definition) is 3. The van der Waals surface area contributed by atoms with Crippen LogP contribution in [0.2, 0.25) is 0 Å². The number of carbonyl (C=O) groups excluding carboxylic acids is 2. The number of hydrogen-bond acceptors (Lipinski definition) is 3. The largest absolute Gasteiger partial charge is 0.497 e. The summed E-state index contributed by atoms with van der Waals surface area (Å²) in [4.78, 5) is 24.2. The molecular weight excluding hydrogens is 318 g/mol. The molecule has 0 fully saturated rings. The van der Waals surface area contributed by atoms with E-state index >= 15 is 0 Å². The molecule has 2 rings (SSSR count). The van der Waals surface area contributed by atoms with Crippen molar-refractivity contribution < 1.29 is 19.6 Å². The highest BCUT2D eigenvalue weighted by atomic mass is 16.5. The molecule has 0 spiro atoms. The van der Waals surface area contributed by atoms with Crippen LogP contribution >= 0.6 is 0 Å². The first-order valence-electron chi connectivity index (χ1n) is 8.24. The van der Waals surface area contributed by atoms with Gasteiger partial charge in [-0.05, 0) is 31.2 Å². The standard InChI is InChI=1S/C19H23N3O3/c1-3-20-19(24)22-18(23)17(15-7-5-4-6-8-15)21-13-14-9-11-16(25-2)12-10-14/h4-12,17,21H,3,13H2,1-2H3,(H2,20,22,23,24)/p+1/t17-/m0/s1. The molecular formula is C19H24N3O3+. The van der Waals surface area contributed by atoms with Gasteiger partial charge in [-0.1, -0.05) is 30.3 Å². The zero-order valence-electron chi connectivity index (χ0n) is 14.5. The molecule has 0 saturated carbocycles. The number of urea groups is 1. The van der Waals surface area contributed by atoms with Crippen LogP contribution in [-0.2, 0) is 11.3 Å². The summed E-state index contributed by atoms with van der Waals surface area (Å²) in [6.45, 7) is 2.87. The number of nitrogens with one attached hydrogen (secondary N) is 2. The Labute approximate surface area is 147 Å². The van der Waals surface area contributed by atoms with E-state index in [0.717, 1.165) is 16.9 Å². The highest BCUT2D eigenvalue weighted by molar-refractivity contribution is 5.96. The first-order chi connectivity index (χ1) is 12.1. The van der Waals surface area contributed by atoms with Gasteiger partial charge < -0.3 is 15.4 Å². The van der Waals surface area contributed by atoms with E-state index in [1.54, 1.807) is 14.0 Å². The van der Waals surface area contributed by atoms with Crippen LogP contribution in [0.4, 0.5) is 4.79 Å². The van der Waals surface area contributed by atoms with Crippen molar-refractivity contribution >= 4 is 11.9 Å². The minimum Gasteiger partial charge on any atom is -0.497 e. The summed E-state index contributed by atoms with van der Waals surface area (Å²) in [7, 11) is 1.62. The lowest BCUT2D eigenvalue weighted by Gasteiger charge is -2.16. The number of ether oxygens (including phenoxy) is 1. The molecule has 0 aliphatic rings. The molecule has 1 atom stereocenters.